The molecule has 0 N–H and O–H groups in total. The lowest BCUT2D eigenvalue weighted by molar-refractivity contribution is 0.592. The second-order valence-corrected chi connectivity index (χ2v) is 14.0. The van der Waals surface area contributed by atoms with Crippen molar-refractivity contribution in [2.75, 3.05) is 11.4 Å². The number of hydrogen-bond donors (Lipinski definition) is 0. The van der Waals surface area contributed by atoms with E-state index in [4.69, 9.17) is 0 Å². The van der Waals surface area contributed by atoms with Gasteiger partial charge in [0.15, 0.2) is 0 Å². The summed E-state index contributed by atoms with van der Waals surface area (Å²) in [5, 5.41) is 5.28. The molecule has 0 aliphatic carbocycles. The summed E-state index contributed by atoms with van der Waals surface area (Å²) in [6.07, 6.45) is 23.1. The third-order valence-corrected chi connectivity index (χ3v) is 10.1. The van der Waals surface area contributed by atoms with Crippen molar-refractivity contribution in [1.82, 2.24) is 0 Å². The Kier molecular flexibility index (Phi) is 10.5. The van der Waals surface area contributed by atoms with Crippen LogP contribution in [0.5, 0.6) is 0 Å². The fourth-order valence-corrected chi connectivity index (χ4v) is 7.42. The molecule has 46 heavy (non-hydrogen) atoms. The van der Waals surface area contributed by atoms with Crippen LogP contribution in [0.15, 0.2) is 133 Å². The summed E-state index contributed by atoms with van der Waals surface area (Å²) < 4.78 is 0. The van der Waals surface area contributed by atoms with Gasteiger partial charge in [-0.3, -0.25) is 0 Å². The fraction of sp³-hybridized carbons (Fsp3) is 0.333. The minimum Gasteiger partial charge on any atom is -0.344 e. The Morgan fingerprint density at radius 2 is 1.35 bits per heavy atom. The molecule has 0 saturated carbocycles. The van der Waals surface area contributed by atoms with Gasteiger partial charge in [0.1, 0.15) is 0 Å². The van der Waals surface area contributed by atoms with Crippen LogP contribution in [0.4, 0.5) is 5.69 Å². The summed E-state index contributed by atoms with van der Waals surface area (Å²) in [5.74, 6) is 0. The average molecular weight is 608 g/mol. The molecule has 0 amide bonds. The molecule has 238 valence electrons. The quantitative estimate of drug-likeness (QED) is 0.108. The van der Waals surface area contributed by atoms with Crippen LogP contribution in [0.25, 0.3) is 21.5 Å². The highest BCUT2D eigenvalue weighted by Crippen LogP contribution is 2.50. The molecule has 0 aromatic heterocycles. The Hall–Kier alpha value is -4.10. The maximum absolute atomic E-state index is 4.49. The molecule has 1 aliphatic rings. The number of nitrogens with zero attached hydrogens (tertiary/aromatic N) is 1. The van der Waals surface area contributed by atoms with E-state index < -0.39 is 0 Å². The van der Waals surface area contributed by atoms with Gasteiger partial charge in [-0.15, -0.1) is 0 Å². The van der Waals surface area contributed by atoms with Crippen molar-refractivity contribution in [3.05, 3.63) is 150 Å². The van der Waals surface area contributed by atoms with Crippen molar-refractivity contribution in [2.24, 2.45) is 0 Å². The fourth-order valence-electron chi connectivity index (χ4n) is 7.42. The SMILES string of the molecule is C=C(/C=C/C=C/C=C/C=C1/N(CCCCCCCC)c2ccc3ccccc3c2C1(C)C)C(C)(C)c1c(C)ccc2ccccc12. The van der Waals surface area contributed by atoms with Crippen molar-refractivity contribution in [2.45, 2.75) is 90.9 Å². The van der Waals surface area contributed by atoms with Crippen LogP contribution in [-0.2, 0) is 10.8 Å². The van der Waals surface area contributed by atoms with Gasteiger partial charge in [0, 0.05) is 28.8 Å². The van der Waals surface area contributed by atoms with Gasteiger partial charge in [-0.2, -0.15) is 0 Å². The Balaban J connectivity index is 1.32. The number of fused-ring (bicyclic) bond motifs is 4. The molecule has 0 radical (unpaired) electrons. The largest absolute Gasteiger partial charge is 0.344 e. The highest BCUT2D eigenvalue weighted by molar-refractivity contribution is 5.95. The van der Waals surface area contributed by atoms with E-state index in [9.17, 15) is 0 Å². The lowest BCUT2D eigenvalue weighted by atomic mass is 9.74. The molecular formula is C45H53N. The van der Waals surface area contributed by atoms with Crippen LogP contribution in [0.3, 0.4) is 0 Å². The van der Waals surface area contributed by atoms with Gasteiger partial charge in [-0.1, -0.05) is 176 Å². The molecule has 0 saturated heterocycles. The molecule has 4 aromatic carbocycles. The van der Waals surface area contributed by atoms with Gasteiger partial charge < -0.3 is 4.90 Å². The molecule has 4 aromatic rings. The molecule has 1 aliphatic heterocycles. The van der Waals surface area contributed by atoms with E-state index in [-0.39, 0.29) is 10.8 Å². The van der Waals surface area contributed by atoms with E-state index in [2.05, 4.69) is 168 Å². The third-order valence-electron chi connectivity index (χ3n) is 10.1. The second kappa shape index (κ2) is 14.5. The van der Waals surface area contributed by atoms with Crippen molar-refractivity contribution in [3.63, 3.8) is 0 Å². The first-order valence-corrected chi connectivity index (χ1v) is 17.4. The van der Waals surface area contributed by atoms with E-state index >= 15 is 0 Å². The lowest BCUT2D eigenvalue weighted by Crippen LogP contribution is -2.27. The molecule has 0 unspecified atom stereocenters. The highest BCUT2D eigenvalue weighted by atomic mass is 15.2. The summed E-state index contributed by atoms with van der Waals surface area (Å²) in [6.45, 7) is 19.4. The molecule has 1 heterocycles. The second-order valence-electron chi connectivity index (χ2n) is 14.0. The van der Waals surface area contributed by atoms with Crippen LogP contribution >= 0.6 is 0 Å². The molecule has 0 atom stereocenters. The lowest BCUT2D eigenvalue weighted by Gasteiger charge is -2.29. The first-order valence-electron chi connectivity index (χ1n) is 17.4. The summed E-state index contributed by atoms with van der Waals surface area (Å²) >= 11 is 0. The predicted molar refractivity (Wildman–Crippen MR) is 204 cm³/mol. The van der Waals surface area contributed by atoms with Crippen LogP contribution in [0, 0.1) is 6.92 Å². The smallest absolute Gasteiger partial charge is 0.0457 e. The van der Waals surface area contributed by atoms with Crippen LogP contribution < -0.4 is 4.90 Å². The van der Waals surface area contributed by atoms with Crippen LogP contribution in [0.1, 0.15) is 89.8 Å². The highest BCUT2D eigenvalue weighted by Gasteiger charge is 2.40. The number of unbranched alkanes of at least 4 members (excludes halogenated alkanes) is 5. The number of allylic oxidation sites excluding steroid dienone is 9. The standard InChI is InChI=1S/C45H53N/c1-8-9-10-11-15-22-33-46-40-32-31-37-25-19-21-27-39(37)43(40)45(6,7)41(46)28-17-14-12-13-16-23-35(3)44(4,5)42-34(2)29-30-36-24-18-20-26-38(36)42/h12-14,16-21,23-32H,3,8-11,15,22,33H2,1-2,4-7H3/b13-12+,17-14+,23-16+,41-28+. The van der Waals surface area contributed by atoms with Gasteiger partial charge in [-0.25, -0.2) is 0 Å². The summed E-state index contributed by atoms with van der Waals surface area (Å²) in [4.78, 5) is 2.59. The number of rotatable bonds is 13. The molecular weight excluding hydrogens is 555 g/mol. The first-order chi connectivity index (χ1) is 22.2. The molecule has 0 fully saturated rings. The van der Waals surface area contributed by atoms with Crippen molar-refractivity contribution >= 4 is 27.2 Å². The Labute approximate surface area is 278 Å². The maximum Gasteiger partial charge on any atom is 0.0457 e. The topological polar surface area (TPSA) is 3.24 Å². The van der Waals surface area contributed by atoms with E-state index in [0.717, 1.165) is 12.1 Å². The van der Waals surface area contributed by atoms with E-state index in [0.29, 0.717) is 0 Å². The molecule has 1 heteroatoms. The minimum atomic E-state index is -0.178. The van der Waals surface area contributed by atoms with Crippen LogP contribution in [-0.4, -0.2) is 6.54 Å². The van der Waals surface area contributed by atoms with Gasteiger partial charge in [-0.05, 0) is 69.3 Å². The summed E-state index contributed by atoms with van der Waals surface area (Å²) in [5.41, 5.74) is 7.72. The maximum atomic E-state index is 4.49. The average Bonchev–Trinajstić information content (AvgIpc) is 3.27. The van der Waals surface area contributed by atoms with E-state index in [1.165, 1.54) is 88.1 Å². The Morgan fingerprint density at radius 3 is 2.11 bits per heavy atom. The number of anilines is 1. The Bertz CT molecular complexity index is 1810. The van der Waals surface area contributed by atoms with Crippen molar-refractivity contribution in [3.8, 4) is 0 Å². The molecule has 1 nitrogen and oxygen atoms in total. The monoisotopic (exact) mass is 607 g/mol. The third kappa shape index (κ3) is 6.85. The molecule has 0 spiro atoms. The van der Waals surface area contributed by atoms with E-state index in [1.54, 1.807) is 0 Å². The predicted octanol–water partition coefficient (Wildman–Crippen LogP) is 12.8. The van der Waals surface area contributed by atoms with Crippen molar-refractivity contribution in [1.29, 1.82) is 0 Å². The van der Waals surface area contributed by atoms with Gasteiger partial charge >= 0.3 is 0 Å². The summed E-state index contributed by atoms with van der Waals surface area (Å²) in [6, 6.07) is 26.6. The number of hydrogen-bond acceptors (Lipinski definition) is 1. The molecule has 5 rings (SSSR count). The Morgan fingerprint density at radius 1 is 0.739 bits per heavy atom. The zero-order chi connectivity index (χ0) is 32.7. The minimum absolute atomic E-state index is 0.0740. The van der Waals surface area contributed by atoms with Gasteiger partial charge in [0.25, 0.3) is 0 Å². The van der Waals surface area contributed by atoms with E-state index in [1.807, 2.05) is 0 Å². The first kappa shape index (κ1) is 33.3. The zero-order valence-corrected chi connectivity index (χ0v) is 29.1. The summed E-state index contributed by atoms with van der Waals surface area (Å²) in [7, 11) is 0. The normalized spacial score (nSPS) is 15.8. The van der Waals surface area contributed by atoms with Gasteiger partial charge in [0.2, 0.25) is 0 Å². The van der Waals surface area contributed by atoms with Gasteiger partial charge in [0.05, 0.1) is 0 Å². The van der Waals surface area contributed by atoms with Crippen LogP contribution in [0.2, 0.25) is 0 Å². The van der Waals surface area contributed by atoms with Crippen molar-refractivity contribution < 1.29 is 0 Å². The number of aryl methyl sites for hydroxylation is 1. The molecule has 0 bridgehead atoms. The number of benzene rings is 4. The zero-order valence-electron chi connectivity index (χ0n) is 29.1.